The van der Waals surface area contributed by atoms with Crippen molar-refractivity contribution in [1.29, 1.82) is 0 Å². The lowest BCUT2D eigenvalue weighted by Gasteiger charge is -2.37. The van der Waals surface area contributed by atoms with Gasteiger partial charge in [-0.3, -0.25) is 9.59 Å². The minimum absolute atomic E-state index is 0.0702. The van der Waals surface area contributed by atoms with Crippen molar-refractivity contribution in [3.63, 3.8) is 0 Å². The van der Waals surface area contributed by atoms with Crippen LogP contribution >= 0.6 is 11.3 Å². The quantitative estimate of drug-likeness (QED) is 0.257. The summed E-state index contributed by atoms with van der Waals surface area (Å²) < 4.78 is 6.40. The first-order valence-corrected chi connectivity index (χ1v) is 17.3. The van der Waals surface area contributed by atoms with Crippen molar-refractivity contribution in [3.8, 4) is 22.1 Å². The zero-order valence-electron chi connectivity index (χ0n) is 26.1. The van der Waals surface area contributed by atoms with E-state index < -0.39 is 0 Å². The maximum atomic E-state index is 13.4. The van der Waals surface area contributed by atoms with Crippen molar-refractivity contribution in [2.24, 2.45) is 0 Å². The van der Waals surface area contributed by atoms with Gasteiger partial charge in [-0.15, -0.1) is 10.2 Å². The molecule has 3 heterocycles. The number of rotatable bonds is 9. The highest BCUT2D eigenvalue weighted by atomic mass is 32.1. The number of nitrogens with one attached hydrogen (secondary N) is 1. The first-order chi connectivity index (χ1) is 21.4. The second-order valence-corrected chi connectivity index (χ2v) is 13.9. The maximum absolute atomic E-state index is 13.4. The number of likely N-dealkylation sites (tertiary alicyclic amines) is 2. The van der Waals surface area contributed by atoms with Crippen molar-refractivity contribution >= 4 is 23.2 Å². The molecule has 2 aromatic carbocycles. The van der Waals surface area contributed by atoms with Gasteiger partial charge in [0.1, 0.15) is 21.5 Å². The Morgan fingerprint density at radius 3 is 2.36 bits per heavy atom. The Balaban J connectivity index is 1.14. The monoisotopic (exact) mass is 615 g/mol. The second kappa shape index (κ2) is 14.2. The predicted octanol–water partition coefficient (Wildman–Crippen LogP) is 7.16. The molecular weight excluding hydrogens is 570 g/mol. The summed E-state index contributed by atoms with van der Waals surface area (Å²) in [5.74, 6) is 1.70. The van der Waals surface area contributed by atoms with Crippen LogP contribution in [0.1, 0.15) is 105 Å². The molecule has 1 N–H and O–H groups in total. The van der Waals surface area contributed by atoms with Crippen molar-refractivity contribution in [2.75, 3.05) is 19.6 Å². The van der Waals surface area contributed by atoms with E-state index >= 15 is 0 Å². The van der Waals surface area contributed by atoms with Crippen molar-refractivity contribution in [1.82, 2.24) is 25.3 Å². The highest BCUT2D eigenvalue weighted by Crippen LogP contribution is 2.33. The Labute approximate surface area is 265 Å². The summed E-state index contributed by atoms with van der Waals surface area (Å²) in [6.07, 6.45) is 11.5. The number of piperidine rings is 1. The van der Waals surface area contributed by atoms with Crippen LogP contribution in [0.4, 0.5) is 0 Å². The zero-order valence-corrected chi connectivity index (χ0v) is 26.9. The molecule has 8 nitrogen and oxygen atoms in total. The fourth-order valence-electron chi connectivity index (χ4n) is 6.68. The fourth-order valence-corrected chi connectivity index (χ4v) is 7.53. The third kappa shape index (κ3) is 7.49. The molecule has 0 radical (unpaired) electrons. The second-order valence-electron chi connectivity index (χ2n) is 12.9. The molecule has 44 heavy (non-hydrogen) atoms. The smallest absolute Gasteiger partial charge is 0.251 e. The number of ether oxygens (including phenoxy) is 1. The largest absolute Gasteiger partial charge is 0.457 e. The van der Waals surface area contributed by atoms with Crippen molar-refractivity contribution in [3.05, 3.63) is 58.6 Å². The van der Waals surface area contributed by atoms with Crippen LogP contribution in [0.25, 0.3) is 10.6 Å². The van der Waals surface area contributed by atoms with Crippen LogP contribution < -0.4 is 10.1 Å². The number of carbonyl (C=O) groups excluding carboxylic acids is 2. The molecule has 0 spiro atoms. The van der Waals surface area contributed by atoms with Crippen LogP contribution in [0.2, 0.25) is 0 Å². The number of nitrogens with zero attached hydrogens (tertiary/aromatic N) is 4. The number of carbonyl (C=O) groups is 2. The van der Waals surface area contributed by atoms with Crippen LogP contribution in [-0.4, -0.2) is 63.5 Å². The Bertz CT molecular complexity index is 1420. The molecule has 1 aliphatic carbocycles. The first-order valence-electron chi connectivity index (χ1n) is 16.5. The van der Waals surface area contributed by atoms with Gasteiger partial charge < -0.3 is 19.9 Å². The summed E-state index contributed by atoms with van der Waals surface area (Å²) in [4.78, 5) is 30.4. The van der Waals surface area contributed by atoms with E-state index in [9.17, 15) is 9.59 Å². The van der Waals surface area contributed by atoms with Gasteiger partial charge >= 0.3 is 0 Å². The van der Waals surface area contributed by atoms with E-state index in [4.69, 9.17) is 4.74 Å². The molecular formula is C35H45N5O3S. The molecule has 6 rings (SSSR count). The average Bonchev–Trinajstić information content (AvgIpc) is 3.60. The minimum Gasteiger partial charge on any atom is -0.457 e. The van der Waals surface area contributed by atoms with E-state index in [1.54, 1.807) is 11.3 Å². The van der Waals surface area contributed by atoms with E-state index in [0.29, 0.717) is 42.0 Å². The lowest BCUT2D eigenvalue weighted by atomic mass is 9.99. The van der Waals surface area contributed by atoms with E-state index in [-0.39, 0.29) is 17.9 Å². The molecule has 0 atom stereocenters. The summed E-state index contributed by atoms with van der Waals surface area (Å²) in [5.41, 5.74) is 2.46. The lowest BCUT2D eigenvalue weighted by molar-refractivity contribution is -0.128. The normalized spacial score (nSPS) is 19.0. The Morgan fingerprint density at radius 2 is 1.70 bits per heavy atom. The predicted molar refractivity (Wildman–Crippen MR) is 174 cm³/mol. The number of hydrogen-bond acceptors (Lipinski definition) is 7. The molecule has 0 unspecified atom stereocenters. The fraction of sp³-hybridized carbons (Fsp3) is 0.543. The van der Waals surface area contributed by atoms with Crippen LogP contribution in [0.5, 0.6) is 11.5 Å². The molecule has 3 aromatic rings. The number of hydrogen-bond donors (Lipinski definition) is 1. The summed E-state index contributed by atoms with van der Waals surface area (Å²) in [6.45, 7) is 7.55. The van der Waals surface area contributed by atoms with Gasteiger partial charge in [0.2, 0.25) is 5.91 Å². The lowest BCUT2D eigenvalue weighted by Crippen LogP contribution is -2.47. The van der Waals surface area contributed by atoms with Crippen LogP contribution in [-0.2, 0) is 11.3 Å². The molecule has 2 saturated heterocycles. The van der Waals surface area contributed by atoms with E-state index in [0.717, 1.165) is 60.0 Å². The molecule has 2 amide bonds. The minimum atomic E-state index is -0.0702. The Kier molecular flexibility index (Phi) is 9.92. The van der Waals surface area contributed by atoms with Crippen LogP contribution in [0.15, 0.2) is 42.5 Å². The Morgan fingerprint density at radius 1 is 0.955 bits per heavy atom. The Hall–Kier alpha value is -3.30. The standard InChI is InChI=1S/C35H45N5O3S/c1-24(2)34-37-38-35(44-34)25-13-15-30(16-14-25)43-31-22-26(11-12-27(31)23-40-19-7-10-32(40)41)33(42)36-28-17-20-39(21-18-28)29-8-5-3-4-6-9-29/h11-16,22,24,28-29H,3-10,17-21,23H2,1-2H3,(H,36,42). The number of amides is 2. The molecule has 3 fully saturated rings. The molecule has 3 aliphatic rings. The summed E-state index contributed by atoms with van der Waals surface area (Å²) >= 11 is 1.60. The summed E-state index contributed by atoms with van der Waals surface area (Å²) in [7, 11) is 0. The van der Waals surface area contributed by atoms with Gasteiger partial charge in [0.05, 0.1) is 0 Å². The molecule has 9 heteroatoms. The summed E-state index contributed by atoms with van der Waals surface area (Å²) in [6, 6.07) is 14.4. The topological polar surface area (TPSA) is 87.7 Å². The van der Waals surface area contributed by atoms with E-state index in [1.165, 1.54) is 38.5 Å². The van der Waals surface area contributed by atoms with Gasteiger partial charge in [-0.2, -0.15) is 0 Å². The first kappa shape index (κ1) is 30.7. The molecule has 1 saturated carbocycles. The molecule has 0 bridgehead atoms. The highest BCUT2D eigenvalue weighted by molar-refractivity contribution is 7.14. The van der Waals surface area contributed by atoms with Crippen molar-refractivity contribution < 1.29 is 14.3 Å². The van der Waals surface area contributed by atoms with Gasteiger partial charge in [-0.1, -0.05) is 56.9 Å². The molecule has 234 valence electrons. The van der Waals surface area contributed by atoms with Crippen molar-refractivity contribution in [2.45, 2.75) is 103 Å². The van der Waals surface area contributed by atoms with Gasteiger partial charge in [-0.25, -0.2) is 0 Å². The summed E-state index contributed by atoms with van der Waals surface area (Å²) in [5, 5.41) is 13.9. The van der Waals surface area contributed by atoms with Crippen LogP contribution in [0, 0.1) is 0 Å². The third-order valence-corrected chi connectivity index (χ3v) is 10.6. The SMILES string of the molecule is CC(C)c1nnc(-c2ccc(Oc3cc(C(=O)NC4CCN(C5CCCCCC5)CC4)ccc3CN3CCCC3=O)cc2)s1. The van der Waals surface area contributed by atoms with Crippen LogP contribution in [0.3, 0.4) is 0 Å². The van der Waals surface area contributed by atoms with E-state index in [2.05, 4.69) is 34.3 Å². The van der Waals surface area contributed by atoms with Gasteiger partial charge in [0.15, 0.2) is 0 Å². The van der Waals surface area contributed by atoms with Gasteiger partial charge in [0.25, 0.3) is 5.91 Å². The van der Waals surface area contributed by atoms with Gasteiger partial charge in [-0.05, 0) is 68.5 Å². The molecule has 1 aromatic heterocycles. The molecule has 2 aliphatic heterocycles. The average molecular weight is 616 g/mol. The highest BCUT2D eigenvalue weighted by Gasteiger charge is 2.27. The van der Waals surface area contributed by atoms with Gasteiger partial charge in [0, 0.05) is 67.3 Å². The maximum Gasteiger partial charge on any atom is 0.251 e. The zero-order chi connectivity index (χ0) is 30.5. The third-order valence-electron chi connectivity index (χ3n) is 9.33. The number of benzene rings is 2. The number of aromatic nitrogens is 2. The van der Waals surface area contributed by atoms with E-state index in [1.807, 2.05) is 47.4 Å².